The van der Waals surface area contributed by atoms with Crippen LogP contribution in [0, 0.1) is 17.8 Å². The highest BCUT2D eigenvalue weighted by Crippen LogP contribution is 2.49. The monoisotopic (exact) mass is 473 g/mol. The van der Waals surface area contributed by atoms with E-state index in [1.54, 1.807) is 4.90 Å². The Kier molecular flexibility index (Phi) is 9.61. The number of likely N-dealkylation sites (tertiary alicyclic amines) is 1. The van der Waals surface area contributed by atoms with Crippen LogP contribution in [0.25, 0.3) is 0 Å². The standard InChI is InChI=1S/C28H47N3O3/c1-5-7-11-15-28(4)27(23-12-9-8-10-13-23)22(3)21-26(34)31(28)16-14-25(33)30-19-17-29(18-20-30)24(32)6-2/h6,22-23,27H,2,5,7-21H2,1,3-4H3. The van der Waals surface area contributed by atoms with Gasteiger partial charge in [0.05, 0.1) is 0 Å². The molecular formula is C28H47N3O3. The second kappa shape index (κ2) is 12.2. The van der Waals surface area contributed by atoms with Gasteiger partial charge in [-0.25, -0.2) is 0 Å². The van der Waals surface area contributed by atoms with Gasteiger partial charge in [-0.2, -0.15) is 0 Å². The highest BCUT2D eigenvalue weighted by molar-refractivity contribution is 5.87. The van der Waals surface area contributed by atoms with Gasteiger partial charge < -0.3 is 14.7 Å². The van der Waals surface area contributed by atoms with E-state index in [2.05, 4.69) is 32.3 Å². The molecule has 2 saturated heterocycles. The van der Waals surface area contributed by atoms with Crippen LogP contribution in [0.15, 0.2) is 12.7 Å². The average Bonchev–Trinajstić information content (AvgIpc) is 2.84. The number of carbonyl (C=O) groups is 3. The van der Waals surface area contributed by atoms with E-state index in [1.807, 2.05) is 4.90 Å². The molecule has 192 valence electrons. The van der Waals surface area contributed by atoms with Crippen molar-refractivity contribution >= 4 is 17.7 Å². The second-order valence-corrected chi connectivity index (χ2v) is 11.1. The third-order valence-electron chi connectivity index (χ3n) is 8.86. The molecule has 0 aromatic carbocycles. The first-order valence-electron chi connectivity index (χ1n) is 13.8. The number of nitrogens with zero attached hydrogens (tertiary/aromatic N) is 3. The predicted octanol–water partition coefficient (Wildman–Crippen LogP) is 4.64. The minimum Gasteiger partial charge on any atom is -0.339 e. The molecule has 0 bridgehead atoms. The van der Waals surface area contributed by atoms with E-state index in [0.717, 1.165) is 12.8 Å². The van der Waals surface area contributed by atoms with Crippen molar-refractivity contribution in [2.45, 2.75) is 96.9 Å². The summed E-state index contributed by atoms with van der Waals surface area (Å²) in [6.07, 6.45) is 13.4. The van der Waals surface area contributed by atoms with Crippen molar-refractivity contribution in [3.05, 3.63) is 12.7 Å². The molecule has 0 radical (unpaired) electrons. The number of piperidine rings is 1. The molecule has 2 aliphatic heterocycles. The van der Waals surface area contributed by atoms with Gasteiger partial charge in [0.2, 0.25) is 17.7 Å². The topological polar surface area (TPSA) is 60.9 Å². The Balaban J connectivity index is 1.69. The number of piperazine rings is 1. The third-order valence-corrected chi connectivity index (χ3v) is 8.86. The van der Waals surface area contributed by atoms with Crippen molar-refractivity contribution < 1.29 is 14.4 Å². The van der Waals surface area contributed by atoms with Gasteiger partial charge in [0, 0.05) is 51.1 Å². The largest absolute Gasteiger partial charge is 0.339 e. The predicted molar refractivity (Wildman–Crippen MR) is 136 cm³/mol. The lowest BCUT2D eigenvalue weighted by Crippen LogP contribution is -2.62. The lowest BCUT2D eigenvalue weighted by molar-refractivity contribution is -0.155. The molecular weight excluding hydrogens is 426 g/mol. The fourth-order valence-electron chi connectivity index (χ4n) is 7.14. The van der Waals surface area contributed by atoms with Crippen LogP contribution in [-0.2, 0) is 14.4 Å². The van der Waals surface area contributed by atoms with Crippen LogP contribution >= 0.6 is 0 Å². The molecule has 3 rings (SSSR count). The van der Waals surface area contributed by atoms with E-state index in [1.165, 1.54) is 51.0 Å². The summed E-state index contributed by atoms with van der Waals surface area (Å²) in [5, 5.41) is 0. The second-order valence-electron chi connectivity index (χ2n) is 11.1. The van der Waals surface area contributed by atoms with E-state index in [9.17, 15) is 14.4 Å². The van der Waals surface area contributed by atoms with Gasteiger partial charge in [-0.15, -0.1) is 0 Å². The molecule has 6 heteroatoms. The van der Waals surface area contributed by atoms with E-state index in [4.69, 9.17) is 0 Å². The fourth-order valence-corrected chi connectivity index (χ4v) is 7.14. The zero-order valence-corrected chi connectivity index (χ0v) is 21.9. The molecule has 3 atom stereocenters. The maximum Gasteiger partial charge on any atom is 0.246 e. The highest BCUT2D eigenvalue weighted by Gasteiger charge is 2.51. The number of rotatable bonds is 9. The molecule has 1 saturated carbocycles. The van der Waals surface area contributed by atoms with Crippen LogP contribution in [-0.4, -0.2) is 70.7 Å². The Bertz CT molecular complexity index is 724. The SMILES string of the molecule is C=CC(=O)N1CCN(C(=O)CCN2C(=O)CC(C)C(C3CCCCC3)C2(C)CCCCC)CC1. The Morgan fingerprint density at radius 2 is 1.71 bits per heavy atom. The maximum absolute atomic E-state index is 13.4. The van der Waals surface area contributed by atoms with Gasteiger partial charge in [0.1, 0.15) is 0 Å². The molecule has 2 heterocycles. The van der Waals surface area contributed by atoms with Crippen LogP contribution in [0.5, 0.6) is 0 Å². The highest BCUT2D eigenvalue weighted by atomic mass is 16.2. The zero-order valence-electron chi connectivity index (χ0n) is 21.9. The smallest absolute Gasteiger partial charge is 0.246 e. The number of hydrogen-bond acceptors (Lipinski definition) is 3. The number of amides is 3. The Morgan fingerprint density at radius 1 is 1.06 bits per heavy atom. The summed E-state index contributed by atoms with van der Waals surface area (Å²) in [6, 6.07) is 0. The van der Waals surface area contributed by atoms with Gasteiger partial charge in [-0.3, -0.25) is 14.4 Å². The van der Waals surface area contributed by atoms with E-state index in [-0.39, 0.29) is 23.3 Å². The first-order chi connectivity index (χ1) is 16.3. The van der Waals surface area contributed by atoms with Crippen molar-refractivity contribution in [1.29, 1.82) is 0 Å². The molecule has 1 aliphatic carbocycles. The lowest BCUT2D eigenvalue weighted by atomic mass is 9.61. The van der Waals surface area contributed by atoms with Gasteiger partial charge in [0.15, 0.2) is 0 Å². The van der Waals surface area contributed by atoms with Crippen molar-refractivity contribution in [1.82, 2.24) is 14.7 Å². The first-order valence-corrected chi connectivity index (χ1v) is 13.8. The van der Waals surface area contributed by atoms with Crippen LogP contribution in [0.1, 0.15) is 91.4 Å². The molecule has 3 unspecified atom stereocenters. The minimum absolute atomic E-state index is 0.0725. The molecule has 0 aromatic rings. The Morgan fingerprint density at radius 3 is 2.32 bits per heavy atom. The van der Waals surface area contributed by atoms with Crippen molar-refractivity contribution in [2.75, 3.05) is 32.7 Å². The van der Waals surface area contributed by atoms with E-state index < -0.39 is 0 Å². The minimum atomic E-state index is -0.165. The number of hydrogen-bond donors (Lipinski definition) is 0. The van der Waals surface area contributed by atoms with Gasteiger partial charge >= 0.3 is 0 Å². The van der Waals surface area contributed by atoms with E-state index in [0.29, 0.717) is 63.3 Å². The molecule has 3 amide bonds. The molecule has 0 aromatic heterocycles. The summed E-state index contributed by atoms with van der Waals surface area (Å²) < 4.78 is 0. The molecule has 6 nitrogen and oxygen atoms in total. The average molecular weight is 474 g/mol. The number of carbonyl (C=O) groups excluding carboxylic acids is 3. The van der Waals surface area contributed by atoms with Crippen molar-refractivity contribution in [3.63, 3.8) is 0 Å². The summed E-state index contributed by atoms with van der Waals surface area (Å²) in [5.74, 6) is 1.87. The molecule has 0 N–H and O–H groups in total. The number of unbranched alkanes of at least 4 members (excludes halogenated alkanes) is 2. The van der Waals surface area contributed by atoms with Gasteiger partial charge in [0.25, 0.3) is 0 Å². The lowest BCUT2D eigenvalue weighted by Gasteiger charge is -2.56. The molecule has 3 fully saturated rings. The zero-order chi connectivity index (χ0) is 24.7. The molecule has 0 spiro atoms. The summed E-state index contributed by atoms with van der Waals surface area (Å²) in [5.41, 5.74) is -0.165. The third kappa shape index (κ3) is 6.04. The van der Waals surface area contributed by atoms with Crippen LogP contribution in [0.4, 0.5) is 0 Å². The maximum atomic E-state index is 13.4. The normalized spacial score (nSPS) is 28.8. The van der Waals surface area contributed by atoms with Crippen LogP contribution in [0.2, 0.25) is 0 Å². The summed E-state index contributed by atoms with van der Waals surface area (Å²) >= 11 is 0. The summed E-state index contributed by atoms with van der Waals surface area (Å²) in [6.45, 7) is 13.1. The molecule has 34 heavy (non-hydrogen) atoms. The fraction of sp³-hybridized carbons (Fsp3) is 0.821. The van der Waals surface area contributed by atoms with Crippen molar-refractivity contribution in [2.24, 2.45) is 17.8 Å². The van der Waals surface area contributed by atoms with Crippen molar-refractivity contribution in [3.8, 4) is 0 Å². The quantitative estimate of drug-likeness (QED) is 0.362. The Hall–Kier alpha value is -1.85. The summed E-state index contributed by atoms with van der Waals surface area (Å²) in [4.78, 5) is 44.0. The van der Waals surface area contributed by atoms with Gasteiger partial charge in [-0.1, -0.05) is 71.8 Å². The van der Waals surface area contributed by atoms with Gasteiger partial charge in [-0.05, 0) is 37.2 Å². The van der Waals surface area contributed by atoms with Crippen LogP contribution in [0.3, 0.4) is 0 Å². The summed E-state index contributed by atoms with van der Waals surface area (Å²) in [7, 11) is 0. The van der Waals surface area contributed by atoms with E-state index >= 15 is 0 Å². The Labute approximate surface area is 207 Å². The van der Waals surface area contributed by atoms with Crippen LogP contribution < -0.4 is 0 Å². The first kappa shape index (κ1) is 26.7. The molecule has 3 aliphatic rings.